The molecule has 0 unspecified atom stereocenters. The van der Waals surface area contributed by atoms with Crippen LogP contribution in [0, 0.1) is 0 Å². The number of halogens is 3. The Hall–Kier alpha value is -2.73. The number of alkyl halides is 2. The lowest BCUT2D eigenvalue weighted by molar-refractivity contribution is -0.0498. The van der Waals surface area contributed by atoms with Gasteiger partial charge in [-0.3, -0.25) is 4.79 Å². The number of ether oxygens (including phenoxy) is 1. The molecule has 0 radical (unpaired) electrons. The first-order chi connectivity index (χ1) is 11.5. The number of nitrogens with one attached hydrogen (secondary N) is 1. The van der Waals surface area contributed by atoms with E-state index in [2.05, 4.69) is 15.0 Å². The van der Waals surface area contributed by atoms with Crippen molar-refractivity contribution in [3.8, 4) is 5.75 Å². The molecule has 1 N–H and O–H groups in total. The van der Waals surface area contributed by atoms with Gasteiger partial charge in [-0.25, -0.2) is 4.98 Å². The van der Waals surface area contributed by atoms with E-state index in [1.165, 1.54) is 30.3 Å². The number of anilines is 1. The zero-order valence-electron chi connectivity index (χ0n) is 12.2. The van der Waals surface area contributed by atoms with Gasteiger partial charge < -0.3 is 10.1 Å². The third-order valence-corrected chi connectivity index (χ3v) is 3.46. The van der Waals surface area contributed by atoms with Gasteiger partial charge in [-0.1, -0.05) is 29.8 Å². The van der Waals surface area contributed by atoms with Gasteiger partial charge in [-0.2, -0.15) is 8.78 Å². The Morgan fingerprint density at radius 3 is 2.54 bits per heavy atom. The molecule has 1 heterocycles. The van der Waals surface area contributed by atoms with E-state index in [1.807, 2.05) is 0 Å². The normalized spacial score (nSPS) is 10.8. The summed E-state index contributed by atoms with van der Waals surface area (Å²) in [5.41, 5.74) is 1.42. The van der Waals surface area contributed by atoms with Crippen molar-refractivity contribution in [3.05, 3.63) is 65.3 Å². The van der Waals surface area contributed by atoms with Gasteiger partial charge in [0, 0.05) is 11.1 Å². The molecule has 0 aliphatic carbocycles. The van der Waals surface area contributed by atoms with Gasteiger partial charge in [0.2, 0.25) is 0 Å². The van der Waals surface area contributed by atoms with Crippen molar-refractivity contribution in [2.45, 2.75) is 6.61 Å². The first-order valence-corrected chi connectivity index (χ1v) is 7.32. The first kappa shape index (κ1) is 16.1. The van der Waals surface area contributed by atoms with Gasteiger partial charge in [0.25, 0.3) is 5.91 Å². The molecule has 24 heavy (non-hydrogen) atoms. The van der Waals surface area contributed by atoms with Crippen molar-refractivity contribution in [2.75, 3.05) is 5.32 Å². The third kappa shape index (κ3) is 3.60. The minimum atomic E-state index is -2.89. The summed E-state index contributed by atoms with van der Waals surface area (Å²) in [5.74, 6) is -0.363. The highest BCUT2D eigenvalue weighted by Crippen LogP contribution is 2.23. The second-order valence-corrected chi connectivity index (χ2v) is 5.25. The topological polar surface area (TPSA) is 51.2 Å². The Labute approximate surface area is 141 Å². The number of pyridine rings is 1. The molecule has 1 aromatic heterocycles. The molecule has 3 rings (SSSR count). The predicted octanol–water partition coefficient (Wildman–Crippen LogP) is 4.74. The lowest BCUT2D eigenvalue weighted by Gasteiger charge is -2.09. The average Bonchev–Trinajstić information content (AvgIpc) is 2.55. The summed E-state index contributed by atoms with van der Waals surface area (Å²) in [6, 6.07) is 14.2. The van der Waals surface area contributed by atoms with Gasteiger partial charge in [-0.15, -0.1) is 0 Å². The van der Waals surface area contributed by atoms with Crippen LogP contribution in [0.15, 0.2) is 54.6 Å². The van der Waals surface area contributed by atoms with Gasteiger partial charge in [0.05, 0.1) is 11.1 Å². The molecule has 0 saturated heterocycles. The molecule has 122 valence electrons. The van der Waals surface area contributed by atoms with E-state index in [1.54, 1.807) is 24.3 Å². The number of carbonyl (C=O) groups is 1. The van der Waals surface area contributed by atoms with E-state index >= 15 is 0 Å². The van der Waals surface area contributed by atoms with E-state index < -0.39 is 6.61 Å². The molecule has 0 fully saturated rings. The smallest absolute Gasteiger partial charge is 0.387 e. The molecule has 0 bridgehead atoms. The molecule has 0 spiro atoms. The quantitative estimate of drug-likeness (QED) is 0.693. The minimum absolute atomic E-state index is 0.0143. The Balaban J connectivity index is 1.85. The number of para-hydroxylation sites is 1. The molecule has 7 heteroatoms. The molecule has 0 atom stereocenters. The Morgan fingerprint density at radius 2 is 1.83 bits per heavy atom. The van der Waals surface area contributed by atoms with Gasteiger partial charge >= 0.3 is 6.61 Å². The number of hydrogen-bond acceptors (Lipinski definition) is 3. The number of benzene rings is 2. The number of carbonyl (C=O) groups excluding carboxylic acids is 1. The fourth-order valence-electron chi connectivity index (χ4n) is 2.25. The molecule has 0 aliphatic heterocycles. The maximum absolute atomic E-state index is 12.5. The van der Waals surface area contributed by atoms with Crippen LogP contribution < -0.4 is 10.1 Å². The predicted molar refractivity (Wildman–Crippen MR) is 87.8 cm³/mol. The Bertz CT molecular complexity index is 885. The molecule has 2 aromatic carbocycles. The first-order valence-electron chi connectivity index (χ1n) is 6.94. The minimum Gasteiger partial charge on any atom is -0.435 e. The molecular formula is C17H11ClF2N2O2. The van der Waals surface area contributed by atoms with Crippen LogP contribution in [0.2, 0.25) is 5.15 Å². The van der Waals surface area contributed by atoms with Crippen LogP contribution >= 0.6 is 11.6 Å². The van der Waals surface area contributed by atoms with Gasteiger partial charge in [-0.05, 0) is 36.4 Å². The van der Waals surface area contributed by atoms with Gasteiger partial charge in [0.1, 0.15) is 10.9 Å². The zero-order chi connectivity index (χ0) is 17.1. The van der Waals surface area contributed by atoms with E-state index in [-0.39, 0.29) is 16.8 Å². The Morgan fingerprint density at radius 1 is 1.12 bits per heavy atom. The molecule has 1 amide bonds. The number of fused-ring (bicyclic) bond motifs is 1. The second kappa shape index (κ2) is 6.80. The highest BCUT2D eigenvalue weighted by atomic mass is 35.5. The summed E-state index contributed by atoms with van der Waals surface area (Å²) in [7, 11) is 0. The molecule has 4 nitrogen and oxygen atoms in total. The van der Waals surface area contributed by atoms with Crippen LogP contribution in [-0.2, 0) is 0 Å². The number of amides is 1. The van der Waals surface area contributed by atoms with E-state index in [0.29, 0.717) is 22.2 Å². The van der Waals surface area contributed by atoms with Crippen LogP contribution in [0.4, 0.5) is 14.5 Å². The summed E-state index contributed by atoms with van der Waals surface area (Å²) in [6.07, 6.45) is 0. The maximum atomic E-state index is 12.5. The SMILES string of the molecule is O=C(Nc1ccc(OC(F)F)cc1)c1cc(Cl)nc2ccccc12. The average molecular weight is 349 g/mol. The number of nitrogens with zero attached hydrogens (tertiary/aromatic N) is 1. The Kier molecular flexibility index (Phi) is 4.57. The fourth-order valence-corrected chi connectivity index (χ4v) is 2.45. The highest BCUT2D eigenvalue weighted by molar-refractivity contribution is 6.30. The van der Waals surface area contributed by atoms with E-state index in [4.69, 9.17) is 11.6 Å². The van der Waals surface area contributed by atoms with Crippen molar-refractivity contribution in [2.24, 2.45) is 0 Å². The standard InChI is InChI=1S/C17H11ClF2N2O2/c18-15-9-13(12-3-1-2-4-14(12)22-15)16(23)21-10-5-7-11(8-6-10)24-17(19)20/h1-9,17H,(H,21,23). The third-order valence-electron chi connectivity index (χ3n) is 3.27. The summed E-state index contributed by atoms with van der Waals surface area (Å²) >= 11 is 5.96. The van der Waals surface area contributed by atoms with E-state index in [9.17, 15) is 13.6 Å². The lowest BCUT2D eigenvalue weighted by atomic mass is 10.1. The van der Waals surface area contributed by atoms with Crippen molar-refractivity contribution >= 4 is 34.1 Å². The second-order valence-electron chi connectivity index (χ2n) is 4.87. The van der Waals surface area contributed by atoms with Gasteiger partial charge in [0.15, 0.2) is 0 Å². The summed E-state index contributed by atoms with van der Waals surface area (Å²) in [4.78, 5) is 16.7. The maximum Gasteiger partial charge on any atom is 0.387 e. The molecule has 0 aliphatic rings. The van der Waals surface area contributed by atoms with Crippen LogP contribution in [0.5, 0.6) is 5.75 Å². The van der Waals surface area contributed by atoms with Crippen LogP contribution in [-0.4, -0.2) is 17.5 Å². The van der Waals surface area contributed by atoms with Crippen molar-refractivity contribution in [1.29, 1.82) is 0 Å². The van der Waals surface area contributed by atoms with Crippen LogP contribution in [0.25, 0.3) is 10.9 Å². The number of aromatic nitrogens is 1. The molecule has 3 aromatic rings. The largest absolute Gasteiger partial charge is 0.435 e. The fraction of sp³-hybridized carbons (Fsp3) is 0.0588. The van der Waals surface area contributed by atoms with Crippen LogP contribution in [0.1, 0.15) is 10.4 Å². The summed E-state index contributed by atoms with van der Waals surface area (Å²) in [6.45, 7) is -2.89. The molecular weight excluding hydrogens is 338 g/mol. The highest BCUT2D eigenvalue weighted by Gasteiger charge is 2.13. The van der Waals surface area contributed by atoms with E-state index in [0.717, 1.165) is 0 Å². The number of rotatable bonds is 4. The monoisotopic (exact) mass is 348 g/mol. The summed E-state index contributed by atoms with van der Waals surface area (Å²) in [5, 5.41) is 3.56. The lowest BCUT2D eigenvalue weighted by Crippen LogP contribution is -2.13. The zero-order valence-corrected chi connectivity index (χ0v) is 12.9. The molecule has 0 saturated carbocycles. The van der Waals surface area contributed by atoms with Crippen molar-refractivity contribution in [3.63, 3.8) is 0 Å². The van der Waals surface area contributed by atoms with Crippen molar-refractivity contribution in [1.82, 2.24) is 4.98 Å². The number of hydrogen-bond donors (Lipinski definition) is 1. The summed E-state index contributed by atoms with van der Waals surface area (Å²) < 4.78 is 28.5. The van der Waals surface area contributed by atoms with Crippen LogP contribution in [0.3, 0.4) is 0 Å². The van der Waals surface area contributed by atoms with Crippen molar-refractivity contribution < 1.29 is 18.3 Å².